The van der Waals surface area contributed by atoms with Crippen molar-refractivity contribution in [2.75, 3.05) is 6.61 Å². The lowest BCUT2D eigenvalue weighted by Gasteiger charge is -2.01. The van der Waals surface area contributed by atoms with Crippen LogP contribution in [0.15, 0.2) is 24.3 Å². The summed E-state index contributed by atoms with van der Waals surface area (Å²) in [5.41, 5.74) is 1.21. The van der Waals surface area contributed by atoms with Crippen LogP contribution in [0, 0.1) is 18.8 Å². The smallest absolute Gasteiger partial charge is 0.149 e. The third-order valence-electron chi connectivity index (χ3n) is 1.60. The van der Waals surface area contributed by atoms with E-state index in [1.165, 1.54) is 5.56 Å². The lowest BCUT2D eigenvalue weighted by Crippen LogP contribution is -1.93. The quantitative estimate of drug-likeness (QED) is 0.626. The van der Waals surface area contributed by atoms with Gasteiger partial charge in [-0.15, -0.1) is 5.92 Å². The largest absolute Gasteiger partial charge is 0.481 e. The molecule has 0 aliphatic carbocycles. The summed E-state index contributed by atoms with van der Waals surface area (Å²) in [7, 11) is 0. The molecule has 1 aromatic carbocycles. The Hall–Kier alpha value is -1.42. The lowest BCUT2D eigenvalue weighted by atomic mass is 10.2. The zero-order valence-corrected chi connectivity index (χ0v) is 8.13. The van der Waals surface area contributed by atoms with Crippen LogP contribution >= 0.6 is 0 Å². The number of benzene rings is 1. The van der Waals surface area contributed by atoms with E-state index in [0.717, 1.165) is 12.2 Å². The summed E-state index contributed by atoms with van der Waals surface area (Å²) in [6.45, 7) is 4.56. The Morgan fingerprint density at radius 3 is 2.85 bits per heavy atom. The van der Waals surface area contributed by atoms with Crippen LogP contribution in [0.25, 0.3) is 0 Å². The molecule has 0 radical (unpaired) electrons. The molecule has 0 aliphatic heterocycles. The van der Waals surface area contributed by atoms with Crippen LogP contribution in [-0.4, -0.2) is 6.61 Å². The minimum atomic E-state index is 0.483. The van der Waals surface area contributed by atoms with Crippen LogP contribution < -0.4 is 4.74 Å². The van der Waals surface area contributed by atoms with E-state index in [9.17, 15) is 0 Å². The van der Waals surface area contributed by atoms with Crippen LogP contribution in [0.5, 0.6) is 5.75 Å². The van der Waals surface area contributed by atoms with Crippen molar-refractivity contribution in [2.24, 2.45) is 0 Å². The van der Waals surface area contributed by atoms with Gasteiger partial charge in [-0.2, -0.15) is 0 Å². The topological polar surface area (TPSA) is 9.23 Å². The van der Waals surface area contributed by atoms with Gasteiger partial charge in [0.25, 0.3) is 0 Å². The van der Waals surface area contributed by atoms with Gasteiger partial charge in [0.2, 0.25) is 0 Å². The summed E-state index contributed by atoms with van der Waals surface area (Å²) >= 11 is 0. The van der Waals surface area contributed by atoms with Gasteiger partial charge in [0.15, 0.2) is 0 Å². The minimum absolute atomic E-state index is 0.483. The van der Waals surface area contributed by atoms with Crippen molar-refractivity contribution in [1.82, 2.24) is 0 Å². The fourth-order valence-electron chi connectivity index (χ4n) is 1.00. The van der Waals surface area contributed by atoms with Crippen molar-refractivity contribution < 1.29 is 4.74 Å². The highest BCUT2D eigenvalue weighted by atomic mass is 16.5. The first-order chi connectivity index (χ1) is 6.33. The fraction of sp³-hybridized carbons (Fsp3) is 0.333. The third kappa shape index (κ3) is 3.66. The molecule has 0 spiro atoms. The molecule has 0 atom stereocenters. The van der Waals surface area contributed by atoms with Crippen LogP contribution in [0.2, 0.25) is 0 Å². The first kappa shape index (κ1) is 9.67. The zero-order chi connectivity index (χ0) is 9.52. The van der Waals surface area contributed by atoms with Crippen LogP contribution in [0.1, 0.15) is 18.9 Å². The Morgan fingerprint density at radius 2 is 2.15 bits per heavy atom. The van der Waals surface area contributed by atoms with Crippen molar-refractivity contribution in [3.63, 3.8) is 0 Å². The molecule has 1 heteroatoms. The lowest BCUT2D eigenvalue weighted by molar-refractivity contribution is 0.370. The Balaban J connectivity index is 2.45. The van der Waals surface area contributed by atoms with Gasteiger partial charge < -0.3 is 4.74 Å². The second-order valence-electron chi connectivity index (χ2n) is 2.81. The highest BCUT2D eigenvalue weighted by molar-refractivity contribution is 5.27. The summed E-state index contributed by atoms with van der Waals surface area (Å²) in [5.74, 6) is 6.78. The van der Waals surface area contributed by atoms with E-state index in [0.29, 0.717) is 6.61 Å². The predicted molar refractivity (Wildman–Crippen MR) is 54.7 cm³/mol. The molecule has 0 aliphatic rings. The molecule has 0 saturated carbocycles. The molecule has 0 amide bonds. The second kappa shape index (κ2) is 5.27. The maximum Gasteiger partial charge on any atom is 0.149 e. The molecule has 0 saturated heterocycles. The first-order valence-corrected chi connectivity index (χ1v) is 4.48. The molecule has 13 heavy (non-hydrogen) atoms. The molecule has 1 aromatic rings. The van der Waals surface area contributed by atoms with Gasteiger partial charge in [0.05, 0.1) is 0 Å². The standard InChI is InChI=1S/C12H14O/c1-3-4-5-9-13-12-8-6-7-11(2)10-12/h6-8,10H,3,9H2,1-2H3. The summed E-state index contributed by atoms with van der Waals surface area (Å²) < 4.78 is 5.42. The predicted octanol–water partition coefficient (Wildman–Crippen LogP) is 2.79. The van der Waals surface area contributed by atoms with Gasteiger partial charge in [-0.25, -0.2) is 0 Å². The maximum atomic E-state index is 5.42. The number of rotatable bonds is 2. The summed E-state index contributed by atoms with van der Waals surface area (Å²) in [4.78, 5) is 0. The van der Waals surface area contributed by atoms with Gasteiger partial charge in [0.1, 0.15) is 12.4 Å². The van der Waals surface area contributed by atoms with Gasteiger partial charge in [0, 0.05) is 6.42 Å². The van der Waals surface area contributed by atoms with E-state index in [-0.39, 0.29) is 0 Å². The fourth-order valence-corrected chi connectivity index (χ4v) is 1.00. The molecule has 1 rings (SSSR count). The minimum Gasteiger partial charge on any atom is -0.481 e. The molecule has 68 valence electrons. The molecule has 0 aromatic heterocycles. The molecule has 0 unspecified atom stereocenters. The van der Waals surface area contributed by atoms with Crippen molar-refractivity contribution in [3.05, 3.63) is 29.8 Å². The van der Waals surface area contributed by atoms with E-state index >= 15 is 0 Å². The number of hydrogen-bond acceptors (Lipinski definition) is 1. The van der Waals surface area contributed by atoms with E-state index in [1.54, 1.807) is 0 Å². The van der Waals surface area contributed by atoms with Crippen molar-refractivity contribution in [1.29, 1.82) is 0 Å². The first-order valence-electron chi connectivity index (χ1n) is 4.48. The molecule has 0 heterocycles. The highest BCUT2D eigenvalue weighted by Crippen LogP contribution is 2.11. The SMILES string of the molecule is CCC#CCOc1cccc(C)c1. The van der Waals surface area contributed by atoms with Crippen molar-refractivity contribution in [3.8, 4) is 17.6 Å². The molecule has 1 nitrogen and oxygen atoms in total. The van der Waals surface area contributed by atoms with E-state index < -0.39 is 0 Å². The number of hydrogen-bond donors (Lipinski definition) is 0. The van der Waals surface area contributed by atoms with E-state index in [4.69, 9.17) is 4.74 Å². The van der Waals surface area contributed by atoms with Crippen molar-refractivity contribution in [2.45, 2.75) is 20.3 Å². The molecular weight excluding hydrogens is 160 g/mol. The van der Waals surface area contributed by atoms with E-state index in [1.807, 2.05) is 38.1 Å². The molecular formula is C12H14O. The Labute approximate surface area is 79.7 Å². The van der Waals surface area contributed by atoms with Crippen LogP contribution in [0.4, 0.5) is 0 Å². The summed E-state index contributed by atoms with van der Waals surface area (Å²) in [5, 5.41) is 0. The zero-order valence-electron chi connectivity index (χ0n) is 8.13. The van der Waals surface area contributed by atoms with Crippen molar-refractivity contribution >= 4 is 0 Å². The van der Waals surface area contributed by atoms with Gasteiger partial charge in [-0.05, 0) is 24.6 Å². The summed E-state index contributed by atoms with van der Waals surface area (Å²) in [6, 6.07) is 7.98. The molecule has 0 N–H and O–H groups in total. The second-order valence-corrected chi connectivity index (χ2v) is 2.81. The number of ether oxygens (including phenoxy) is 1. The molecule has 0 bridgehead atoms. The summed E-state index contributed by atoms with van der Waals surface area (Å²) in [6.07, 6.45) is 0.886. The average molecular weight is 174 g/mol. The Morgan fingerprint density at radius 1 is 1.31 bits per heavy atom. The highest BCUT2D eigenvalue weighted by Gasteiger charge is 1.90. The molecule has 0 fully saturated rings. The Bertz CT molecular complexity index is 317. The number of aryl methyl sites for hydroxylation is 1. The average Bonchev–Trinajstić information content (AvgIpc) is 2.13. The van der Waals surface area contributed by atoms with Gasteiger partial charge in [-0.1, -0.05) is 25.0 Å². The van der Waals surface area contributed by atoms with Gasteiger partial charge >= 0.3 is 0 Å². The van der Waals surface area contributed by atoms with Gasteiger partial charge in [-0.3, -0.25) is 0 Å². The van der Waals surface area contributed by atoms with E-state index in [2.05, 4.69) is 11.8 Å². The van der Waals surface area contributed by atoms with Crippen LogP contribution in [-0.2, 0) is 0 Å². The van der Waals surface area contributed by atoms with Crippen LogP contribution in [0.3, 0.4) is 0 Å². The third-order valence-corrected chi connectivity index (χ3v) is 1.60. The Kier molecular flexibility index (Phi) is 3.92. The normalized spacial score (nSPS) is 8.77. The monoisotopic (exact) mass is 174 g/mol. The maximum absolute atomic E-state index is 5.42.